The lowest BCUT2D eigenvalue weighted by Gasteiger charge is -2.38. The molecule has 2 unspecified atom stereocenters. The van der Waals surface area contributed by atoms with Crippen LogP contribution in [0.1, 0.15) is 38.5 Å². The first-order chi connectivity index (χ1) is 9.56. The van der Waals surface area contributed by atoms with Gasteiger partial charge in [-0.25, -0.2) is 0 Å². The van der Waals surface area contributed by atoms with Gasteiger partial charge in [0, 0.05) is 30.1 Å². The van der Waals surface area contributed by atoms with Crippen LogP contribution in [0, 0.1) is 0 Å². The van der Waals surface area contributed by atoms with Crippen molar-refractivity contribution in [2.75, 3.05) is 31.6 Å². The van der Waals surface area contributed by atoms with Crippen LogP contribution in [0.5, 0.6) is 0 Å². The van der Waals surface area contributed by atoms with E-state index in [1.54, 1.807) is 6.20 Å². The Hall–Kier alpha value is -0.230. The van der Waals surface area contributed by atoms with E-state index in [1.165, 1.54) is 5.75 Å². The SMILES string of the molecule is CCNC(c1c(Cl)cnn1C(C)C)C1CSCCN1C. The van der Waals surface area contributed by atoms with Gasteiger partial charge in [-0.1, -0.05) is 18.5 Å². The third kappa shape index (κ3) is 3.32. The molecule has 4 nitrogen and oxygen atoms in total. The second kappa shape index (κ2) is 7.16. The molecule has 0 amide bonds. The van der Waals surface area contributed by atoms with Gasteiger partial charge in [-0.15, -0.1) is 0 Å². The van der Waals surface area contributed by atoms with Crippen LogP contribution in [0.4, 0.5) is 0 Å². The smallest absolute Gasteiger partial charge is 0.0834 e. The van der Waals surface area contributed by atoms with Crippen molar-refractivity contribution in [3.8, 4) is 0 Å². The van der Waals surface area contributed by atoms with Crippen molar-refractivity contribution in [3.63, 3.8) is 0 Å². The summed E-state index contributed by atoms with van der Waals surface area (Å²) < 4.78 is 2.06. The summed E-state index contributed by atoms with van der Waals surface area (Å²) in [5.74, 6) is 2.34. The molecule has 1 N–H and O–H groups in total. The van der Waals surface area contributed by atoms with Gasteiger partial charge in [0.25, 0.3) is 0 Å². The largest absolute Gasteiger partial charge is 0.308 e. The highest BCUT2D eigenvalue weighted by molar-refractivity contribution is 7.99. The maximum atomic E-state index is 6.44. The molecule has 1 aliphatic rings. The van der Waals surface area contributed by atoms with Crippen molar-refractivity contribution in [1.29, 1.82) is 0 Å². The minimum absolute atomic E-state index is 0.232. The maximum Gasteiger partial charge on any atom is 0.0834 e. The second-order valence-electron chi connectivity index (χ2n) is 5.57. The summed E-state index contributed by atoms with van der Waals surface area (Å²) in [6.07, 6.45) is 1.77. The standard InChI is InChI=1S/C14H25ClN4S/c1-5-16-13(12-9-20-7-6-18(12)4)14-11(15)8-17-19(14)10(2)3/h8,10,12-13,16H,5-7,9H2,1-4H3. The molecule has 0 aliphatic carbocycles. The number of nitrogens with zero attached hydrogens (tertiary/aromatic N) is 3. The first kappa shape index (κ1) is 16.1. The lowest BCUT2D eigenvalue weighted by molar-refractivity contribution is 0.209. The van der Waals surface area contributed by atoms with Crippen LogP contribution < -0.4 is 5.32 Å². The second-order valence-corrected chi connectivity index (χ2v) is 7.13. The summed E-state index contributed by atoms with van der Waals surface area (Å²) in [6.45, 7) is 8.50. The van der Waals surface area contributed by atoms with Gasteiger partial charge in [0.15, 0.2) is 0 Å². The zero-order chi connectivity index (χ0) is 14.7. The molecule has 114 valence electrons. The number of likely N-dealkylation sites (N-methyl/N-ethyl adjacent to an activating group) is 2. The molecule has 1 aromatic rings. The molecule has 1 aliphatic heterocycles. The van der Waals surface area contributed by atoms with Crippen molar-refractivity contribution in [2.24, 2.45) is 0 Å². The highest BCUT2D eigenvalue weighted by atomic mass is 35.5. The Morgan fingerprint density at radius 2 is 2.30 bits per heavy atom. The molecule has 0 aromatic carbocycles. The van der Waals surface area contributed by atoms with E-state index in [0.29, 0.717) is 12.1 Å². The molecular formula is C14H25ClN4S. The summed E-state index contributed by atoms with van der Waals surface area (Å²) in [6, 6.07) is 1.01. The van der Waals surface area contributed by atoms with Gasteiger partial charge in [0.05, 0.1) is 23.0 Å². The first-order valence-electron chi connectivity index (χ1n) is 7.30. The zero-order valence-electron chi connectivity index (χ0n) is 12.8. The van der Waals surface area contributed by atoms with Crippen molar-refractivity contribution >= 4 is 23.4 Å². The Bertz CT molecular complexity index is 435. The third-order valence-electron chi connectivity index (χ3n) is 3.82. The van der Waals surface area contributed by atoms with E-state index in [-0.39, 0.29) is 6.04 Å². The minimum Gasteiger partial charge on any atom is -0.308 e. The van der Waals surface area contributed by atoms with Gasteiger partial charge in [-0.2, -0.15) is 16.9 Å². The van der Waals surface area contributed by atoms with Gasteiger partial charge in [0.2, 0.25) is 0 Å². The Morgan fingerprint density at radius 1 is 1.55 bits per heavy atom. The van der Waals surface area contributed by atoms with Gasteiger partial charge in [-0.05, 0) is 27.4 Å². The summed E-state index contributed by atoms with van der Waals surface area (Å²) in [4.78, 5) is 2.44. The van der Waals surface area contributed by atoms with Gasteiger partial charge < -0.3 is 5.32 Å². The fraction of sp³-hybridized carbons (Fsp3) is 0.786. The number of hydrogen-bond donors (Lipinski definition) is 1. The minimum atomic E-state index is 0.232. The fourth-order valence-electron chi connectivity index (χ4n) is 2.74. The molecule has 2 rings (SSSR count). The quantitative estimate of drug-likeness (QED) is 0.905. The molecule has 0 bridgehead atoms. The first-order valence-corrected chi connectivity index (χ1v) is 8.83. The van der Waals surface area contributed by atoms with Crippen LogP contribution in [0.15, 0.2) is 6.20 Å². The number of aromatic nitrogens is 2. The molecule has 0 saturated carbocycles. The lowest BCUT2D eigenvalue weighted by Crippen LogP contribution is -2.48. The maximum absolute atomic E-state index is 6.44. The topological polar surface area (TPSA) is 33.1 Å². The van der Waals surface area contributed by atoms with E-state index < -0.39 is 0 Å². The summed E-state index contributed by atoms with van der Waals surface area (Å²) in [5, 5.41) is 8.85. The van der Waals surface area contributed by atoms with Crippen LogP contribution in [-0.4, -0.2) is 52.4 Å². The number of hydrogen-bond acceptors (Lipinski definition) is 4. The number of rotatable bonds is 5. The normalized spacial score (nSPS) is 22.4. The monoisotopic (exact) mass is 316 g/mol. The van der Waals surface area contributed by atoms with Crippen LogP contribution in [-0.2, 0) is 0 Å². The molecule has 20 heavy (non-hydrogen) atoms. The van der Waals surface area contributed by atoms with E-state index in [0.717, 1.165) is 29.6 Å². The average molecular weight is 317 g/mol. The Morgan fingerprint density at radius 3 is 2.90 bits per heavy atom. The van der Waals surface area contributed by atoms with Crippen molar-refractivity contribution in [3.05, 3.63) is 16.9 Å². The summed E-state index contributed by atoms with van der Waals surface area (Å²) >= 11 is 8.46. The third-order valence-corrected chi connectivity index (χ3v) is 5.16. The predicted octanol–water partition coefficient (Wildman–Crippen LogP) is 2.82. The van der Waals surface area contributed by atoms with E-state index in [9.17, 15) is 0 Å². The van der Waals surface area contributed by atoms with Crippen molar-refractivity contribution in [2.45, 2.75) is 38.9 Å². The van der Waals surface area contributed by atoms with Gasteiger partial charge >= 0.3 is 0 Å². The zero-order valence-corrected chi connectivity index (χ0v) is 14.3. The molecule has 2 atom stereocenters. The lowest BCUT2D eigenvalue weighted by atomic mass is 10.0. The molecule has 0 spiro atoms. The Kier molecular flexibility index (Phi) is 5.78. The summed E-state index contributed by atoms with van der Waals surface area (Å²) in [5.41, 5.74) is 1.13. The Labute approximate surface area is 131 Å². The van der Waals surface area contributed by atoms with Gasteiger partial charge in [0.1, 0.15) is 0 Å². The van der Waals surface area contributed by atoms with Gasteiger partial charge in [-0.3, -0.25) is 9.58 Å². The molecule has 0 radical (unpaired) electrons. The average Bonchev–Trinajstić information content (AvgIpc) is 2.79. The fourth-order valence-corrected chi connectivity index (χ4v) is 4.26. The van der Waals surface area contributed by atoms with E-state index in [1.807, 2.05) is 11.8 Å². The molecule has 6 heteroatoms. The van der Waals surface area contributed by atoms with Crippen LogP contribution in [0.25, 0.3) is 0 Å². The highest BCUT2D eigenvalue weighted by Crippen LogP contribution is 2.32. The molecule has 1 aromatic heterocycles. The van der Waals surface area contributed by atoms with Crippen LogP contribution >= 0.6 is 23.4 Å². The number of nitrogens with one attached hydrogen (secondary N) is 1. The predicted molar refractivity (Wildman–Crippen MR) is 87.8 cm³/mol. The number of thioether (sulfide) groups is 1. The van der Waals surface area contributed by atoms with Crippen LogP contribution in [0.3, 0.4) is 0 Å². The molecule has 1 fully saturated rings. The van der Waals surface area contributed by atoms with E-state index >= 15 is 0 Å². The van der Waals surface area contributed by atoms with Crippen molar-refractivity contribution in [1.82, 2.24) is 20.0 Å². The summed E-state index contributed by atoms with van der Waals surface area (Å²) in [7, 11) is 2.21. The van der Waals surface area contributed by atoms with Crippen molar-refractivity contribution < 1.29 is 0 Å². The van der Waals surface area contributed by atoms with Crippen LogP contribution in [0.2, 0.25) is 5.02 Å². The highest BCUT2D eigenvalue weighted by Gasteiger charge is 2.32. The molecule has 2 heterocycles. The van der Waals surface area contributed by atoms with E-state index in [2.05, 4.69) is 47.8 Å². The van der Waals surface area contributed by atoms with E-state index in [4.69, 9.17) is 11.6 Å². The molecule has 1 saturated heterocycles. The molecular weight excluding hydrogens is 292 g/mol. The number of halogens is 1. The Balaban J connectivity index is 2.34.